The Labute approximate surface area is 88.7 Å². The molecular weight excluding hydrogens is 195 g/mol. The van der Waals surface area contributed by atoms with Gasteiger partial charge in [0.05, 0.1) is 0 Å². The zero-order valence-corrected chi connectivity index (χ0v) is 8.93. The Balaban J connectivity index is 2.47. The molecule has 1 rings (SSSR count). The quantitative estimate of drug-likeness (QED) is 0.794. The van der Waals surface area contributed by atoms with Crippen LogP contribution in [0.1, 0.15) is 12.0 Å². The van der Waals surface area contributed by atoms with Gasteiger partial charge >= 0.3 is 0 Å². The van der Waals surface area contributed by atoms with E-state index < -0.39 is 0 Å². The summed E-state index contributed by atoms with van der Waals surface area (Å²) in [6, 6.07) is 4.72. The molecule has 0 saturated heterocycles. The molecule has 0 saturated carbocycles. The van der Waals surface area contributed by atoms with Crippen molar-refractivity contribution in [2.45, 2.75) is 13.3 Å². The van der Waals surface area contributed by atoms with Crippen LogP contribution >= 0.6 is 0 Å². The Hall–Kier alpha value is -1.58. The highest BCUT2D eigenvalue weighted by atomic mass is 19.1. The second kappa shape index (κ2) is 5.34. The maximum absolute atomic E-state index is 13.0. The predicted octanol–water partition coefficient (Wildman–Crippen LogP) is 1.68. The minimum Gasteiger partial charge on any atom is -0.384 e. The predicted molar refractivity (Wildman–Crippen MR) is 58.3 cm³/mol. The zero-order chi connectivity index (χ0) is 11.3. The number of halogens is 1. The molecule has 82 valence electrons. The van der Waals surface area contributed by atoms with Crippen LogP contribution in [0, 0.1) is 12.7 Å². The van der Waals surface area contributed by atoms with E-state index >= 15 is 0 Å². The van der Waals surface area contributed by atoms with Gasteiger partial charge in [0.25, 0.3) is 0 Å². The number of amides is 1. The fourth-order valence-electron chi connectivity index (χ4n) is 1.28. The topological polar surface area (TPSA) is 41.1 Å². The van der Waals surface area contributed by atoms with Gasteiger partial charge in [-0.3, -0.25) is 4.79 Å². The van der Waals surface area contributed by atoms with Gasteiger partial charge in [-0.05, 0) is 30.7 Å². The molecule has 0 aliphatic rings. The summed E-state index contributed by atoms with van der Waals surface area (Å²) < 4.78 is 13.0. The molecule has 3 nitrogen and oxygen atoms in total. The summed E-state index contributed by atoms with van der Waals surface area (Å²) >= 11 is 0. The summed E-state index contributed by atoms with van der Waals surface area (Å²) in [4.78, 5) is 10.9. The third kappa shape index (κ3) is 3.97. The number of nitrogens with one attached hydrogen (secondary N) is 2. The third-order valence-electron chi connectivity index (χ3n) is 2.00. The number of anilines is 1. The molecule has 1 amide bonds. The van der Waals surface area contributed by atoms with Crippen molar-refractivity contribution in [3.63, 3.8) is 0 Å². The van der Waals surface area contributed by atoms with E-state index in [1.807, 2.05) is 13.0 Å². The Morgan fingerprint density at radius 2 is 2.13 bits per heavy atom. The van der Waals surface area contributed by atoms with Crippen LogP contribution in [0.5, 0.6) is 0 Å². The average molecular weight is 210 g/mol. The Kier molecular flexibility index (Phi) is 4.09. The highest BCUT2D eigenvalue weighted by molar-refractivity contribution is 5.76. The lowest BCUT2D eigenvalue weighted by Crippen LogP contribution is -2.20. The molecule has 0 heterocycles. The van der Waals surface area contributed by atoms with Crippen LogP contribution in [0.25, 0.3) is 0 Å². The summed E-state index contributed by atoms with van der Waals surface area (Å²) in [5.41, 5.74) is 1.56. The van der Waals surface area contributed by atoms with Crippen molar-refractivity contribution < 1.29 is 9.18 Å². The van der Waals surface area contributed by atoms with Crippen LogP contribution in [0.3, 0.4) is 0 Å². The van der Waals surface area contributed by atoms with E-state index in [1.54, 1.807) is 7.05 Å². The van der Waals surface area contributed by atoms with Crippen LogP contribution in [-0.4, -0.2) is 19.5 Å². The molecule has 0 fully saturated rings. The minimum atomic E-state index is -0.266. The average Bonchev–Trinajstić information content (AvgIpc) is 2.16. The highest BCUT2D eigenvalue weighted by Gasteiger charge is 1.99. The maximum Gasteiger partial charge on any atom is 0.221 e. The van der Waals surface area contributed by atoms with Gasteiger partial charge in [-0.15, -0.1) is 0 Å². The van der Waals surface area contributed by atoms with Gasteiger partial charge < -0.3 is 10.6 Å². The molecule has 0 radical (unpaired) electrons. The van der Waals surface area contributed by atoms with Gasteiger partial charge in [-0.25, -0.2) is 4.39 Å². The largest absolute Gasteiger partial charge is 0.384 e. The standard InChI is InChI=1S/C11H15FN2O/c1-8-5-9(12)7-10(6-8)14-4-3-11(15)13-2/h5-7,14H,3-4H2,1-2H3,(H,13,15). The van der Waals surface area contributed by atoms with Gasteiger partial charge in [-0.1, -0.05) is 0 Å². The molecule has 15 heavy (non-hydrogen) atoms. The molecule has 1 aromatic rings. The van der Waals surface area contributed by atoms with Crippen LogP contribution in [0.4, 0.5) is 10.1 Å². The van der Waals surface area contributed by atoms with E-state index in [0.717, 1.165) is 5.56 Å². The van der Waals surface area contributed by atoms with Gasteiger partial charge in [0.1, 0.15) is 5.82 Å². The molecule has 0 atom stereocenters. The SMILES string of the molecule is CNC(=O)CCNc1cc(C)cc(F)c1. The summed E-state index contributed by atoms with van der Waals surface area (Å²) in [7, 11) is 1.59. The molecule has 0 unspecified atom stereocenters. The lowest BCUT2D eigenvalue weighted by Gasteiger charge is -2.06. The number of hydrogen-bond donors (Lipinski definition) is 2. The molecule has 0 aliphatic heterocycles. The number of aryl methyl sites for hydroxylation is 1. The van der Waals surface area contributed by atoms with Crippen molar-refractivity contribution in [3.05, 3.63) is 29.6 Å². The van der Waals surface area contributed by atoms with Crippen LogP contribution in [0.15, 0.2) is 18.2 Å². The first-order chi connectivity index (χ1) is 7.11. The first-order valence-electron chi connectivity index (χ1n) is 4.83. The molecule has 4 heteroatoms. The summed E-state index contributed by atoms with van der Waals surface area (Å²) in [5.74, 6) is -0.298. The van der Waals surface area contributed by atoms with Crippen molar-refractivity contribution in [2.75, 3.05) is 18.9 Å². The number of rotatable bonds is 4. The first kappa shape index (κ1) is 11.5. The lowest BCUT2D eigenvalue weighted by molar-refractivity contribution is -0.120. The third-order valence-corrected chi connectivity index (χ3v) is 2.00. The van der Waals surface area contributed by atoms with E-state index in [4.69, 9.17) is 0 Å². The molecule has 1 aromatic carbocycles. The summed E-state index contributed by atoms with van der Waals surface area (Å²) in [5, 5.41) is 5.51. The Morgan fingerprint density at radius 1 is 1.40 bits per heavy atom. The van der Waals surface area contributed by atoms with Gasteiger partial charge in [-0.2, -0.15) is 0 Å². The molecule has 0 bridgehead atoms. The van der Waals surface area contributed by atoms with Crippen molar-refractivity contribution >= 4 is 11.6 Å². The first-order valence-corrected chi connectivity index (χ1v) is 4.83. The van der Waals surface area contributed by atoms with Crippen molar-refractivity contribution in [3.8, 4) is 0 Å². The second-order valence-corrected chi connectivity index (χ2v) is 3.37. The highest BCUT2D eigenvalue weighted by Crippen LogP contribution is 2.12. The van der Waals surface area contributed by atoms with E-state index in [0.29, 0.717) is 18.7 Å². The van der Waals surface area contributed by atoms with E-state index in [1.165, 1.54) is 12.1 Å². The monoisotopic (exact) mass is 210 g/mol. The molecular formula is C11H15FN2O. The van der Waals surface area contributed by atoms with Gasteiger partial charge in [0.2, 0.25) is 5.91 Å². The minimum absolute atomic E-state index is 0.0318. The normalized spacial score (nSPS) is 9.80. The summed E-state index contributed by atoms with van der Waals surface area (Å²) in [6.07, 6.45) is 0.381. The van der Waals surface area contributed by atoms with Gasteiger partial charge in [0.15, 0.2) is 0 Å². The van der Waals surface area contributed by atoms with E-state index in [2.05, 4.69) is 10.6 Å². The smallest absolute Gasteiger partial charge is 0.221 e. The number of carbonyl (C=O) groups excluding carboxylic acids is 1. The van der Waals surface area contributed by atoms with Gasteiger partial charge in [0, 0.05) is 25.7 Å². The van der Waals surface area contributed by atoms with Crippen LogP contribution in [-0.2, 0) is 4.79 Å². The molecule has 0 spiro atoms. The molecule has 2 N–H and O–H groups in total. The second-order valence-electron chi connectivity index (χ2n) is 3.37. The maximum atomic E-state index is 13.0. The molecule has 0 aromatic heterocycles. The fourth-order valence-corrected chi connectivity index (χ4v) is 1.28. The van der Waals surface area contributed by atoms with E-state index in [-0.39, 0.29) is 11.7 Å². The van der Waals surface area contributed by atoms with Crippen molar-refractivity contribution in [1.82, 2.24) is 5.32 Å². The van der Waals surface area contributed by atoms with Crippen molar-refractivity contribution in [2.24, 2.45) is 0 Å². The van der Waals surface area contributed by atoms with Crippen LogP contribution < -0.4 is 10.6 Å². The number of carbonyl (C=O) groups is 1. The zero-order valence-electron chi connectivity index (χ0n) is 8.93. The Morgan fingerprint density at radius 3 is 2.73 bits per heavy atom. The fraction of sp³-hybridized carbons (Fsp3) is 0.364. The molecule has 0 aliphatic carbocycles. The number of hydrogen-bond acceptors (Lipinski definition) is 2. The Bertz CT molecular complexity index is 332. The van der Waals surface area contributed by atoms with Crippen LogP contribution in [0.2, 0.25) is 0 Å². The van der Waals surface area contributed by atoms with E-state index in [9.17, 15) is 9.18 Å². The lowest BCUT2D eigenvalue weighted by atomic mass is 10.2. The van der Waals surface area contributed by atoms with Crippen molar-refractivity contribution in [1.29, 1.82) is 0 Å². The number of benzene rings is 1. The summed E-state index contributed by atoms with van der Waals surface area (Å²) in [6.45, 7) is 2.33.